The first-order valence-electron chi connectivity index (χ1n) is 11.3. The molecule has 1 saturated carbocycles. The van der Waals surface area contributed by atoms with E-state index in [0.29, 0.717) is 17.7 Å². The van der Waals surface area contributed by atoms with E-state index in [-0.39, 0.29) is 24.2 Å². The lowest BCUT2D eigenvalue weighted by atomic mass is 9.77. The lowest BCUT2D eigenvalue weighted by molar-refractivity contribution is 0.142. The van der Waals surface area contributed by atoms with Crippen molar-refractivity contribution in [2.24, 2.45) is 5.73 Å². The van der Waals surface area contributed by atoms with Crippen molar-refractivity contribution in [3.8, 4) is 0 Å². The highest BCUT2D eigenvalue weighted by Gasteiger charge is 2.44. The van der Waals surface area contributed by atoms with Crippen molar-refractivity contribution in [3.63, 3.8) is 0 Å². The Balaban J connectivity index is 1.71. The second-order valence-corrected chi connectivity index (χ2v) is 10.4. The van der Waals surface area contributed by atoms with E-state index in [1.165, 1.54) is 15.9 Å². The summed E-state index contributed by atoms with van der Waals surface area (Å²) in [5.74, 6) is -2.91. The number of aliphatic hydroxyl groups is 1. The standard InChI is InChI=1S/C23H26F3N3O3S/c1-9-16(15-7-12-11(13(30)8-27)3-2-4-14(12)33-15)19(24)17(21(25)26)18-20(9)29(10-5-6-10)23(32)28-22(18)31/h7,9-11,13,16,21,30H,2-6,8,27H2,1H3,(H,28,31,32). The fraction of sp³-hybridized carbons (Fsp3) is 0.565. The van der Waals surface area contributed by atoms with Crippen molar-refractivity contribution in [2.75, 3.05) is 6.54 Å². The molecule has 5 rings (SSSR count). The Morgan fingerprint density at radius 3 is 2.67 bits per heavy atom. The van der Waals surface area contributed by atoms with Crippen LogP contribution < -0.4 is 17.0 Å². The van der Waals surface area contributed by atoms with Gasteiger partial charge in [-0.25, -0.2) is 18.0 Å². The average molecular weight is 482 g/mol. The molecule has 3 aliphatic rings. The van der Waals surface area contributed by atoms with Crippen molar-refractivity contribution in [3.05, 3.63) is 59.3 Å². The molecule has 4 N–H and O–H groups in total. The molecule has 178 valence electrons. The minimum absolute atomic E-state index is 0.0999. The summed E-state index contributed by atoms with van der Waals surface area (Å²) in [6, 6.07) is 1.64. The third kappa shape index (κ3) is 3.54. The molecular weight excluding hydrogens is 455 g/mol. The molecule has 0 saturated heterocycles. The van der Waals surface area contributed by atoms with Gasteiger partial charge in [0.25, 0.3) is 12.0 Å². The van der Waals surface area contributed by atoms with Crippen molar-refractivity contribution in [1.29, 1.82) is 0 Å². The van der Waals surface area contributed by atoms with Gasteiger partial charge >= 0.3 is 5.69 Å². The van der Waals surface area contributed by atoms with E-state index >= 15 is 4.39 Å². The molecule has 0 bridgehead atoms. The van der Waals surface area contributed by atoms with Crippen LogP contribution >= 0.6 is 11.3 Å². The summed E-state index contributed by atoms with van der Waals surface area (Å²) >= 11 is 1.36. The maximum absolute atomic E-state index is 15.8. The predicted molar refractivity (Wildman–Crippen MR) is 120 cm³/mol. The number of nitrogens with two attached hydrogens (primary N) is 1. The van der Waals surface area contributed by atoms with E-state index in [1.54, 1.807) is 6.92 Å². The number of hydrogen-bond donors (Lipinski definition) is 3. The Hall–Kier alpha value is -2.17. The Bertz CT molecular complexity index is 1240. The van der Waals surface area contributed by atoms with Gasteiger partial charge in [-0.1, -0.05) is 6.92 Å². The van der Waals surface area contributed by atoms with Gasteiger partial charge in [0.1, 0.15) is 5.83 Å². The number of halogens is 3. The number of alkyl halides is 2. The molecule has 2 heterocycles. The van der Waals surface area contributed by atoms with Crippen LogP contribution in [0, 0.1) is 0 Å². The van der Waals surface area contributed by atoms with Gasteiger partial charge in [-0.05, 0) is 43.7 Å². The van der Waals surface area contributed by atoms with Gasteiger partial charge in [0.05, 0.1) is 23.2 Å². The molecule has 10 heteroatoms. The molecular formula is C23H26F3N3O3S. The molecule has 3 aliphatic carbocycles. The highest BCUT2D eigenvalue weighted by molar-refractivity contribution is 7.12. The van der Waals surface area contributed by atoms with Gasteiger partial charge in [-0.15, -0.1) is 11.3 Å². The molecule has 2 aromatic rings. The maximum Gasteiger partial charge on any atom is 0.328 e. The maximum atomic E-state index is 15.8. The summed E-state index contributed by atoms with van der Waals surface area (Å²) in [7, 11) is 0. The molecule has 33 heavy (non-hydrogen) atoms. The molecule has 0 radical (unpaired) electrons. The zero-order valence-corrected chi connectivity index (χ0v) is 18.9. The van der Waals surface area contributed by atoms with E-state index in [0.717, 1.165) is 29.7 Å². The van der Waals surface area contributed by atoms with E-state index in [2.05, 4.69) is 4.98 Å². The minimum atomic E-state index is -3.20. The fourth-order valence-electron chi connectivity index (χ4n) is 5.55. The van der Waals surface area contributed by atoms with Gasteiger partial charge in [0.15, 0.2) is 0 Å². The van der Waals surface area contributed by atoms with Crippen LogP contribution in [0.25, 0.3) is 5.57 Å². The number of allylic oxidation sites excluding steroid dienone is 2. The average Bonchev–Trinajstić information content (AvgIpc) is 3.51. The van der Waals surface area contributed by atoms with Gasteiger partial charge in [0.2, 0.25) is 0 Å². The number of aryl methyl sites for hydroxylation is 1. The number of nitrogens with one attached hydrogen (secondary N) is 1. The molecule has 0 spiro atoms. The smallest absolute Gasteiger partial charge is 0.328 e. The Morgan fingerprint density at radius 1 is 1.30 bits per heavy atom. The van der Waals surface area contributed by atoms with Crippen LogP contribution in [0.1, 0.15) is 83.0 Å². The Kier molecular flexibility index (Phi) is 5.65. The van der Waals surface area contributed by atoms with Gasteiger partial charge in [0, 0.05) is 39.9 Å². The third-order valence-electron chi connectivity index (χ3n) is 7.23. The highest BCUT2D eigenvalue weighted by atomic mass is 32.1. The van der Waals surface area contributed by atoms with Gasteiger partial charge in [-0.2, -0.15) is 0 Å². The first-order valence-corrected chi connectivity index (χ1v) is 12.1. The number of rotatable bonds is 5. The lowest BCUT2D eigenvalue weighted by Gasteiger charge is -2.32. The largest absolute Gasteiger partial charge is 0.391 e. The van der Waals surface area contributed by atoms with Crippen LogP contribution in [0.4, 0.5) is 13.2 Å². The van der Waals surface area contributed by atoms with Crippen molar-refractivity contribution in [1.82, 2.24) is 9.55 Å². The summed E-state index contributed by atoms with van der Waals surface area (Å²) in [6.07, 6.45) is -0.143. The third-order valence-corrected chi connectivity index (χ3v) is 8.53. The molecule has 6 nitrogen and oxygen atoms in total. The van der Waals surface area contributed by atoms with Crippen molar-refractivity contribution in [2.45, 2.75) is 75.4 Å². The molecule has 4 unspecified atom stereocenters. The second kappa shape index (κ2) is 8.25. The summed E-state index contributed by atoms with van der Waals surface area (Å²) in [4.78, 5) is 28.9. The topological polar surface area (TPSA) is 101 Å². The van der Waals surface area contributed by atoms with E-state index in [4.69, 9.17) is 5.73 Å². The van der Waals surface area contributed by atoms with Crippen LogP contribution in [-0.4, -0.2) is 33.7 Å². The molecule has 2 aromatic heterocycles. The Morgan fingerprint density at radius 2 is 2.03 bits per heavy atom. The number of aromatic nitrogens is 2. The number of aromatic amines is 1. The summed E-state index contributed by atoms with van der Waals surface area (Å²) in [5, 5.41) is 10.4. The zero-order chi connectivity index (χ0) is 23.6. The SMILES string of the molecule is CC1c2c(c(=O)[nH]c(=O)n2C2CC2)C(C(F)F)=C(F)C1c1cc2c(s1)CCCC2C(O)CN. The highest BCUT2D eigenvalue weighted by Crippen LogP contribution is 2.53. The molecule has 0 amide bonds. The summed E-state index contributed by atoms with van der Waals surface area (Å²) in [5.41, 5.74) is 3.82. The monoisotopic (exact) mass is 481 g/mol. The second-order valence-electron chi connectivity index (χ2n) is 9.28. The van der Waals surface area contributed by atoms with E-state index < -0.39 is 52.6 Å². The number of H-pyrrole nitrogens is 1. The van der Waals surface area contributed by atoms with Crippen LogP contribution in [0.5, 0.6) is 0 Å². The van der Waals surface area contributed by atoms with Gasteiger partial charge in [-0.3, -0.25) is 14.3 Å². The quantitative estimate of drug-likeness (QED) is 0.608. The van der Waals surface area contributed by atoms with Crippen LogP contribution in [0.2, 0.25) is 0 Å². The number of hydrogen-bond acceptors (Lipinski definition) is 5. The number of aliphatic hydroxyl groups excluding tert-OH is 1. The first-order chi connectivity index (χ1) is 15.7. The summed E-state index contributed by atoms with van der Waals surface area (Å²) < 4.78 is 45.5. The normalized spacial score (nSPS) is 25.8. The summed E-state index contributed by atoms with van der Waals surface area (Å²) in [6.45, 7) is 1.79. The minimum Gasteiger partial charge on any atom is -0.391 e. The predicted octanol–water partition coefficient (Wildman–Crippen LogP) is 3.52. The fourth-order valence-corrected chi connectivity index (χ4v) is 7.03. The molecule has 4 atom stereocenters. The van der Waals surface area contributed by atoms with Crippen molar-refractivity contribution < 1.29 is 18.3 Å². The number of thiophene rings is 1. The van der Waals surface area contributed by atoms with E-state index in [9.17, 15) is 23.5 Å². The molecule has 1 fully saturated rings. The molecule has 0 aromatic carbocycles. The molecule has 0 aliphatic heterocycles. The van der Waals surface area contributed by atoms with Crippen LogP contribution in [0.15, 0.2) is 21.5 Å². The first kappa shape index (κ1) is 22.6. The number of fused-ring (bicyclic) bond motifs is 2. The Labute approximate surface area is 191 Å². The van der Waals surface area contributed by atoms with Crippen molar-refractivity contribution >= 4 is 16.9 Å². The van der Waals surface area contributed by atoms with Crippen LogP contribution in [0.3, 0.4) is 0 Å². The van der Waals surface area contributed by atoms with Crippen LogP contribution in [-0.2, 0) is 6.42 Å². The lowest BCUT2D eigenvalue weighted by Crippen LogP contribution is -2.39. The van der Waals surface area contributed by atoms with Gasteiger partial charge < -0.3 is 10.8 Å². The zero-order valence-electron chi connectivity index (χ0n) is 18.1. The van der Waals surface area contributed by atoms with E-state index in [1.807, 2.05) is 6.07 Å². The number of nitrogens with zero attached hydrogens (tertiary/aromatic N) is 1.